The molecular weight excluding hydrogens is 626 g/mol. The van der Waals surface area contributed by atoms with E-state index in [9.17, 15) is 0 Å². The van der Waals surface area contributed by atoms with Crippen LogP contribution in [0.2, 0.25) is 12.1 Å². The predicted octanol–water partition coefficient (Wildman–Crippen LogP) is 2.30. The van der Waals surface area contributed by atoms with Crippen LogP contribution in [0.3, 0.4) is 0 Å². The van der Waals surface area contributed by atoms with E-state index in [1.54, 1.807) is 41.5 Å². The molecule has 0 bridgehead atoms. The van der Waals surface area contributed by atoms with Crippen molar-refractivity contribution in [3.05, 3.63) is 82.9 Å². The molecule has 1 aliphatic rings. The molecule has 4 heteroatoms. The minimum absolute atomic E-state index is 0. The van der Waals surface area contributed by atoms with Gasteiger partial charge in [-0.25, -0.2) is 0 Å². The maximum absolute atomic E-state index is 2.33. The number of fused-ring (bicyclic) bond motifs is 2. The first-order chi connectivity index (χ1) is 15.1. The zero-order chi connectivity index (χ0) is 22.2. The molecule has 1 aliphatic heterocycles. The fourth-order valence-electron chi connectivity index (χ4n) is 4.10. The molecule has 0 unspecified atom stereocenters. The first-order valence-electron chi connectivity index (χ1n) is 12.0. The topological polar surface area (TPSA) is 0 Å². The SMILES string of the molecule is CCc1cc2c(CC)cccc2[cH-]1.CCc1cc2c(CC)cccc2[cH-]1.[Cl-].[Cl-].[Hf+2]=[Si]1CCC1. The summed E-state index contributed by atoms with van der Waals surface area (Å²) in [6.45, 7) is 8.85. The Morgan fingerprint density at radius 1 is 0.697 bits per heavy atom. The van der Waals surface area contributed by atoms with Gasteiger partial charge in [-0.2, -0.15) is 12.1 Å². The van der Waals surface area contributed by atoms with E-state index in [-0.39, 0.29) is 24.8 Å². The van der Waals surface area contributed by atoms with Crippen molar-refractivity contribution in [2.24, 2.45) is 0 Å². The van der Waals surface area contributed by atoms with Crippen LogP contribution in [0.5, 0.6) is 0 Å². The molecule has 0 N–H and O–H groups in total. The van der Waals surface area contributed by atoms with Gasteiger partial charge in [-0.1, -0.05) is 51.0 Å². The van der Waals surface area contributed by atoms with Crippen molar-refractivity contribution in [2.45, 2.75) is 71.9 Å². The van der Waals surface area contributed by atoms with Gasteiger partial charge in [0.15, 0.2) is 0 Å². The number of hydrogen-bond donors (Lipinski definition) is 0. The average molecular weight is 662 g/mol. The minimum atomic E-state index is 0. The Balaban J connectivity index is 0.000000260. The van der Waals surface area contributed by atoms with Gasteiger partial charge >= 0.3 is 47.0 Å². The summed E-state index contributed by atoms with van der Waals surface area (Å²) in [7, 11) is 0. The van der Waals surface area contributed by atoms with E-state index < -0.39 is 0 Å². The first-order valence-corrected chi connectivity index (χ1v) is 19.3. The van der Waals surface area contributed by atoms with Crippen molar-refractivity contribution < 1.29 is 47.8 Å². The Morgan fingerprint density at radius 2 is 1.09 bits per heavy atom. The molecular formula is C29H36Cl2HfSi-2. The molecule has 0 aliphatic carbocycles. The Morgan fingerprint density at radius 3 is 1.36 bits per heavy atom. The molecule has 33 heavy (non-hydrogen) atoms. The van der Waals surface area contributed by atoms with E-state index in [2.05, 4.69) is 88.4 Å². The van der Waals surface area contributed by atoms with E-state index in [1.807, 2.05) is 0 Å². The van der Waals surface area contributed by atoms with Crippen LogP contribution < -0.4 is 24.8 Å². The molecule has 0 radical (unpaired) electrons. The molecule has 1 heterocycles. The molecule has 4 aromatic carbocycles. The summed E-state index contributed by atoms with van der Waals surface area (Å²) >= 11 is 1.56. The molecule has 0 spiro atoms. The van der Waals surface area contributed by atoms with Crippen LogP contribution in [-0.2, 0) is 48.7 Å². The van der Waals surface area contributed by atoms with Crippen LogP contribution in [-0.4, -0.2) is 5.49 Å². The predicted molar refractivity (Wildman–Crippen MR) is 137 cm³/mol. The summed E-state index contributed by atoms with van der Waals surface area (Å²) in [4.78, 5) is 0. The number of benzene rings is 2. The van der Waals surface area contributed by atoms with Gasteiger partial charge in [0.2, 0.25) is 0 Å². The third-order valence-electron chi connectivity index (χ3n) is 6.34. The molecule has 0 saturated carbocycles. The Bertz CT molecular complexity index is 1050. The Kier molecular flexibility index (Phi) is 14.1. The van der Waals surface area contributed by atoms with Gasteiger partial charge in [-0.05, 0) is 25.7 Å². The van der Waals surface area contributed by atoms with Crippen LogP contribution in [0.15, 0.2) is 60.7 Å². The Hall–Kier alpha value is -0.673. The number of hydrogen-bond acceptors (Lipinski definition) is 0. The standard InChI is InChI=1S/2C13H15.C3H6Si.2ClH.Hf/c2*1-3-10-8-12-7-5-6-11(4-2)13(12)9-10;1-2-4-3-1;;;/h2*5-9H,3-4H2,1-2H3;1-3H2;2*1H;/q2*-1;;;;+2/p-2. The van der Waals surface area contributed by atoms with Crippen LogP contribution in [0.1, 0.15) is 56.4 Å². The maximum atomic E-state index is 2.33. The molecule has 0 aromatic heterocycles. The number of rotatable bonds is 4. The summed E-state index contributed by atoms with van der Waals surface area (Å²) in [6.07, 6.45) is 6.10. The monoisotopic (exact) mass is 662 g/mol. The fraction of sp³-hybridized carbons (Fsp3) is 0.379. The molecule has 4 aromatic rings. The molecule has 5 rings (SSSR count). The van der Waals surface area contributed by atoms with Crippen LogP contribution in [0, 0.1) is 0 Å². The van der Waals surface area contributed by atoms with Crippen molar-refractivity contribution in [3.63, 3.8) is 0 Å². The molecule has 1 fully saturated rings. The average Bonchev–Trinajstić information content (AvgIpc) is 3.41. The second-order valence-electron chi connectivity index (χ2n) is 8.44. The third kappa shape index (κ3) is 8.20. The van der Waals surface area contributed by atoms with Gasteiger partial charge in [0.25, 0.3) is 0 Å². The third-order valence-corrected chi connectivity index (χ3v) is 13.6. The van der Waals surface area contributed by atoms with E-state index in [0.29, 0.717) is 5.49 Å². The van der Waals surface area contributed by atoms with Gasteiger partial charge in [-0.15, -0.1) is 69.1 Å². The zero-order valence-electron chi connectivity index (χ0n) is 20.5. The molecule has 0 atom stereocenters. The second-order valence-corrected chi connectivity index (χ2v) is 18.3. The summed E-state index contributed by atoms with van der Waals surface area (Å²) in [5.41, 5.74) is 6.29. The van der Waals surface area contributed by atoms with Crippen molar-refractivity contribution >= 4 is 27.0 Å². The van der Waals surface area contributed by atoms with Crippen LogP contribution in [0.25, 0.3) is 21.5 Å². The van der Waals surface area contributed by atoms with Crippen molar-refractivity contribution in [1.82, 2.24) is 0 Å². The normalized spacial score (nSPS) is 12.0. The van der Waals surface area contributed by atoms with E-state index >= 15 is 0 Å². The summed E-state index contributed by atoms with van der Waals surface area (Å²) in [5, 5.41) is 5.69. The molecule has 0 nitrogen and oxygen atoms in total. The molecule has 0 amide bonds. The fourth-order valence-corrected chi connectivity index (χ4v) is 8.62. The summed E-state index contributed by atoms with van der Waals surface area (Å²) < 4.78 is 0. The van der Waals surface area contributed by atoms with Gasteiger partial charge in [0.1, 0.15) is 0 Å². The number of halogens is 2. The Labute approximate surface area is 228 Å². The van der Waals surface area contributed by atoms with Gasteiger partial charge in [-0.3, -0.25) is 0 Å². The molecule has 1 saturated heterocycles. The van der Waals surface area contributed by atoms with Gasteiger partial charge in [0.05, 0.1) is 0 Å². The van der Waals surface area contributed by atoms with E-state index in [4.69, 9.17) is 0 Å². The van der Waals surface area contributed by atoms with E-state index in [1.165, 1.54) is 43.8 Å². The molecule has 176 valence electrons. The van der Waals surface area contributed by atoms with Crippen LogP contribution >= 0.6 is 0 Å². The number of aryl methyl sites for hydroxylation is 4. The summed E-state index contributed by atoms with van der Waals surface area (Å²) in [5.74, 6) is 0. The first kappa shape index (κ1) is 30.4. The van der Waals surface area contributed by atoms with Gasteiger partial charge in [0, 0.05) is 0 Å². The van der Waals surface area contributed by atoms with Gasteiger partial charge < -0.3 is 24.8 Å². The van der Waals surface area contributed by atoms with Crippen molar-refractivity contribution in [1.29, 1.82) is 0 Å². The zero-order valence-corrected chi connectivity index (χ0v) is 26.6. The second kappa shape index (κ2) is 15.3. The van der Waals surface area contributed by atoms with Crippen LogP contribution in [0.4, 0.5) is 0 Å². The quantitative estimate of drug-likeness (QED) is 0.233. The van der Waals surface area contributed by atoms with Crippen molar-refractivity contribution in [2.75, 3.05) is 0 Å². The summed E-state index contributed by atoms with van der Waals surface area (Å²) in [6, 6.07) is 25.7. The van der Waals surface area contributed by atoms with E-state index in [0.717, 1.165) is 25.7 Å². The van der Waals surface area contributed by atoms with Crippen molar-refractivity contribution in [3.8, 4) is 0 Å².